The number of carbonyl (C=O) groups excluding carboxylic acids is 1. The van der Waals surface area contributed by atoms with Crippen molar-refractivity contribution in [2.24, 2.45) is 5.73 Å². The second kappa shape index (κ2) is 40.1. The standard InChI is InChI=1S/C44H80NO9P/c1-3-5-7-9-11-13-15-17-19-20-21-23-25-27-29-31-33-35-37-51-38-41(39-52-55(49,50)53-40-42(45)44(47)48)54-43(46)36-34-32-30-28-26-24-22-18-16-14-12-10-8-6-4-2/h5,7,11,13,17,19,21,23,41-42H,3-4,6,8-10,12,14-16,18,20,22,24-40,45H2,1-2H3,(H,47,48)(H,49,50)/b7-5-,13-11-,19-17-,23-21-. The van der Waals surface area contributed by atoms with Crippen LogP contribution in [0.3, 0.4) is 0 Å². The van der Waals surface area contributed by atoms with Gasteiger partial charge in [0.15, 0.2) is 0 Å². The van der Waals surface area contributed by atoms with Gasteiger partial charge in [0.2, 0.25) is 0 Å². The topological polar surface area (TPSA) is 155 Å². The molecular formula is C44H80NO9P. The number of hydrogen-bond donors (Lipinski definition) is 3. The van der Waals surface area contributed by atoms with Crippen LogP contribution < -0.4 is 5.73 Å². The number of phosphoric acid groups is 1. The van der Waals surface area contributed by atoms with E-state index < -0.39 is 45.1 Å². The highest BCUT2D eigenvalue weighted by atomic mass is 31.2. The fraction of sp³-hybridized carbons (Fsp3) is 0.773. The van der Waals surface area contributed by atoms with Gasteiger partial charge >= 0.3 is 19.8 Å². The van der Waals surface area contributed by atoms with Crippen molar-refractivity contribution in [3.8, 4) is 0 Å². The summed E-state index contributed by atoms with van der Waals surface area (Å²) >= 11 is 0. The van der Waals surface area contributed by atoms with Crippen molar-refractivity contribution in [3.05, 3.63) is 48.6 Å². The summed E-state index contributed by atoms with van der Waals surface area (Å²) in [6.07, 6.45) is 45.9. The molecule has 0 bridgehead atoms. The van der Waals surface area contributed by atoms with Crippen molar-refractivity contribution in [3.63, 3.8) is 0 Å². The average molecular weight is 798 g/mol. The summed E-state index contributed by atoms with van der Waals surface area (Å²) in [6.45, 7) is 3.73. The first-order valence-electron chi connectivity index (χ1n) is 21.7. The van der Waals surface area contributed by atoms with E-state index in [9.17, 15) is 19.0 Å². The molecule has 0 aliphatic carbocycles. The van der Waals surface area contributed by atoms with Crippen LogP contribution in [-0.4, -0.2) is 60.5 Å². The molecule has 55 heavy (non-hydrogen) atoms. The van der Waals surface area contributed by atoms with Crippen molar-refractivity contribution < 1.29 is 42.7 Å². The van der Waals surface area contributed by atoms with Gasteiger partial charge in [0.25, 0.3) is 0 Å². The Labute approximate surface area is 335 Å². The number of phosphoric ester groups is 1. The Morgan fingerprint density at radius 3 is 1.58 bits per heavy atom. The fourth-order valence-electron chi connectivity index (χ4n) is 5.77. The van der Waals surface area contributed by atoms with Crippen LogP contribution >= 0.6 is 7.82 Å². The molecule has 0 aliphatic rings. The Hall–Kier alpha value is -2.07. The number of esters is 1. The third kappa shape index (κ3) is 39.9. The number of carbonyl (C=O) groups is 2. The Morgan fingerprint density at radius 1 is 0.600 bits per heavy atom. The molecule has 0 aromatic carbocycles. The van der Waals surface area contributed by atoms with E-state index in [-0.39, 0.29) is 13.0 Å². The van der Waals surface area contributed by atoms with Gasteiger partial charge in [-0.05, 0) is 51.4 Å². The number of nitrogens with two attached hydrogens (primary N) is 1. The first-order chi connectivity index (χ1) is 26.7. The molecule has 4 N–H and O–H groups in total. The minimum absolute atomic E-state index is 0.00503. The lowest BCUT2D eigenvalue weighted by Crippen LogP contribution is -2.34. The van der Waals surface area contributed by atoms with Crippen molar-refractivity contribution >= 4 is 19.8 Å². The molecule has 3 unspecified atom stereocenters. The van der Waals surface area contributed by atoms with Crippen LogP contribution in [0.4, 0.5) is 0 Å². The Balaban J connectivity index is 4.27. The predicted octanol–water partition coefficient (Wildman–Crippen LogP) is 11.9. The zero-order valence-electron chi connectivity index (χ0n) is 34.8. The van der Waals surface area contributed by atoms with Crippen molar-refractivity contribution in [2.45, 2.75) is 193 Å². The molecule has 0 saturated carbocycles. The lowest BCUT2D eigenvalue weighted by atomic mass is 10.0. The zero-order chi connectivity index (χ0) is 40.5. The number of hydrogen-bond acceptors (Lipinski definition) is 8. The van der Waals surface area contributed by atoms with E-state index in [4.69, 9.17) is 29.4 Å². The predicted molar refractivity (Wildman–Crippen MR) is 226 cm³/mol. The van der Waals surface area contributed by atoms with Gasteiger partial charge in [-0.15, -0.1) is 0 Å². The monoisotopic (exact) mass is 798 g/mol. The van der Waals surface area contributed by atoms with Gasteiger partial charge in [0, 0.05) is 13.0 Å². The van der Waals surface area contributed by atoms with Crippen LogP contribution in [-0.2, 0) is 32.7 Å². The number of carboxylic acids is 1. The maximum Gasteiger partial charge on any atom is 0.472 e. The molecule has 0 aromatic heterocycles. The minimum Gasteiger partial charge on any atom is -0.480 e. The molecule has 0 aliphatic heterocycles. The summed E-state index contributed by atoms with van der Waals surface area (Å²) in [5.41, 5.74) is 5.35. The Kier molecular flexibility index (Phi) is 38.6. The van der Waals surface area contributed by atoms with Crippen LogP contribution in [0.2, 0.25) is 0 Å². The zero-order valence-corrected chi connectivity index (χ0v) is 35.7. The van der Waals surface area contributed by atoms with Crippen LogP contribution in [0.15, 0.2) is 48.6 Å². The lowest BCUT2D eigenvalue weighted by Gasteiger charge is -2.20. The molecule has 0 heterocycles. The molecule has 320 valence electrons. The smallest absolute Gasteiger partial charge is 0.472 e. The Morgan fingerprint density at radius 2 is 1.05 bits per heavy atom. The highest BCUT2D eigenvalue weighted by Gasteiger charge is 2.27. The van der Waals surface area contributed by atoms with E-state index in [2.05, 4.69) is 62.5 Å². The molecule has 0 spiro atoms. The van der Waals surface area contributed by atoms with Gasteiger partial charge < -0.3 is 25.2 Å². The third-order valence-corrected chi connectivity index (χ3v) is 10.1. The molecule has 0 amide bonds. The van der Waals surface area contributed by atoms with Crippen molar-refractivity contribution in [1.29, 1.82) is 0 Å². The van der Waals surface area contributed by atoms with Crippen LogP contribution in [0, 0.1) is 0 Å². The maximum absolute atomic E-state index is 12.6. The number of ether oxygens (including phenoxy) is 2. The average Bonchev–Trinajstić information content (AvgIpc) is 3.16. The van der Waals surface area contributed by atoms with E-state index in [1.165, 1.54) is 77.0 Å². The number of unbranched alkanes of at least 4 members (excludes halogenated alkanes) is 19. The first kappa shape index (κ1) is 52.9. The van der Waals surface area contributed by atoms with Gasteiger partial charge in [-0.3, -0.25) is 18.6 Å². The highest BCUT2D eigenvalue weighted by Crippen LogP contribution is 2.43. The second-order valence-corrected chi connectivity index (χ2v) is 15.9. The summed E-state index contributed by atoms with van der Waals surface area (Å²) < 4.78 is 33.3. The van der Waals surface area contributed by atoms with E-state index in [1.807, 2.05) is 0 Å². The highest BCUT2D eigenvalue weighted by molar-refractivity contribution is 7.47. The molecule has 11 heteroatoms. The fourth-order valence-corrected chi connectivity index (χ4v) is 6.55. The first-order valence-corrected chi connectivity index (χ1v) is 23.2. The molecule has 0 fully saturated rings. The number of allylic oxidation sites excluding steroid dienone is 8. The third-order valence-electron chi connectivity index (χ3n) is 9.12. The quantitative estimate of drug-likeness (QED) is 0.0236. The number of aliphatic carboxylic acids is 1. The summed E-state index contributed by atoms with van der Waals surface area (Å²) in [5.74, 6) is -1.79. The van der Waals surface area contributed by atoms with E-state index in [1.54, 1.807) is 0 Å². The van der Waals surface area contributed by atoms with Crippen LogP contribution in [0.1, 0.15) is 181 Å². The molecule has 0 rings (SSSR count). The molecule has 10 nitrogen and oxygen atoms in total. The summed E-state index contributed by atoms with van der Waals surface area (Å²) in [4.78, 5) is 33.5. The minimum atomic E-state index is -4.62. The normalized spacial score (nSPS) is 14.4. The summed E-state index contributed by atoms with van der Waals surface area (Å²) in [7, 11) is -4.62. The van der Waals surface area contributed by atoms with E-state index in [0.29, 0.717) is 13.0 Å². The summed E-state index contributed by atoms with van der Waals surface area (Å²) in [6, 6.07) is -1.48. The van der Waals surface area contributed by atoms with Gasteiger partial charge in [-0.1, -0.05) is 172 Å². The van der Waals surface area contributed by atoms with Gasteiger partial charge in [0.1, 0.15) is 12.1 Å². The van der Waals surface area contributed by atoms with Gasteiger partial charge in [0.05, 0.1) is 19.8 Å². The van der Waals surface area contributed by atoms with Crippen molar-refractivity contribution in [2.75, 3.05) is 26.4 Å². The van der Waals surface area contributed by atoms with E-state index in [0.717, 1.165) is 77.0 Å². The number of carboxylic acid groups (broad SMARTS) is 1. The second-order valence-electron chi connectivity index (χ2n) is 14.4. The molecule has 0 radical (unpaired) electrons. The molecule has 0 saturated heterocycles. The van der Waals surface area contributed by atoms with Gasteiger partial charge in [-0.2, -0.15) is 0 Å². The Bertz CT molecular complexity index is 1060. The lowest BCUT2D eigenvalue weighted by molar-refractivity contribution is -0.154. The van der Waals surface area contributed by atoms with Crippen LogP contribution in [0.5, 0.6) is 0 Å². The summed E-state index contributed by atoms with van der Waals surface area (Å²) in [5, 5.41) is 8.89. The van der Waals surface area contributed by atoms with Crippen molar-refractivity contribution in [1.82, 2.24) is 0 Å². The van der Waals surface area contributed by atoms with Crippen LogP contribution in [0.25, 0.3) is 0 Å². The SMILES string of the molecule is CC/C=C\C/C=C\C/C=C\C/C=C\CCCCCCCOCC(COP(=O)(O)OCC(N)C(=O)O)OC(=O)CCCCCCCCCCCCCCCCC. The van der Waals surface area contributed by atoms with E-state index >= 15 is 0 Å². The molecule has 0 aromatic rings. The molecule has 3 atom stereocenters. The molecular weight excluding hydrogens is 717 g/mol. The largest absolute Gasteiger partial charge is 0.480 e. The maximum atomic E-state index is 12.6. The number of rotatable bonds is 41. The van der Waals surface area contributed by atoms with Gasteiger partial charge in [-0.25, -0.2) is 4.57 Å².